The molecule has 140 valence electrons. The molecule has 2 saturated heterocycles. The van der Waals surface area contributed by atoms with E-state index in [1.54, 1.807) is 0 Å². The molecule has 1 unspecified atom stereocenters. The highest BCUT2D eigenvalue weighted by atomic mass is 16.5. The zero-order valence-corrected chi connectivity index (χ0v) is 15.4. The second-order valence-electron chi connectivity index (χ2n) is 7.34. The number of hydrogen-bond donors (Lipinski definition) is 1. The molecule has 0 amide bonds. The van der Waals surface area contributed by atoms with Crippen LogP contribution in [-0.4, -0.2) is 51.2 Å². The van der Waals surface area contributed by atoms with Crippen molar-refractivity contribution in [3.8, 4) is 0 Å². The van der Waals surface area contributed by atoms with Crippen molar-refractivity contribution in [2.24, 2.45) is 0 Å². The third-order valence-corrected chi connectivity index (χ3v) is 5.42. The van der Waals surface area contributed by atoms with E-state index in [1.807, 2.05) is 0 Å². The van der Waals surface area contributed by atoms with Gasteiger partial charge < -0.3 is 19.5 Å². The molecule has 2 aliphatic rings. The highest BCUT2D eigenvalue weighted by Crippen LogP contribution is 2.34. The van der Waals surface area contributed by atoms with Crippen LogP contribution in [0.1, 0.15) is 44.1 Å². The quantitative estimate of drug-likeness (QED) is 0.696. The van der Waals surface area contributed by atoms with E-state index in [9.17, 15) is 0 Å². The summed E-state index contributed by atoms with van der Waals surface area (Å²) in [6.07, 6.45) is 7.71. The van der Waals surface area contributed by atoms with Crippen LogP contribution in [0.5, 0.6) is 0 Å². The van der Waals surface area contributed by atoms with Crippen molar-refractivity contribution in [1.82, 2.24) is 5.32 Å². The summed E-state index contributed by atoms with van der Waals surface area (Å²) in [5.74, 6) is 0. The van der Waals surface area contributed by atoms with Crippen molar-refractivity contribution in [2.75, 3.05) is 39.6 Å². The maximum absolute atomic E-state index is 6.10. The van der Waals surface area contributed by atoms with Crippen LogP contribution in [0.2, 0.25) is 0 Å². The van der Waals surface area contributed by atoms with Crippen LogP contribution >= 0.6 is 0 Å². The SMILES string of the molecule is c1ccc(CCOCCCCNC2CCOC3(CCOCC3)C2)cc1. The Morgan fingerprint density at radius 3 is 2.72 bits per heavy atom. The smallest absolute Gasteiger partial charge is 0.0741 e. The van der Waals surface area contributed by atoms with Gasteiger partial charge in [-0.2, -0.15) is 0 Å². The normalized spacial score (nSPS) is 23.0. The molecule has 0 saturated carbocycles. The Bertz CT molecular complexity index is 468. The van der Waals surface area contributed by atoms with E-state index in [2.05, 4.69) is 35.6 Å². The van der Waals surface area contributed by atoms with Crippen molar-refractivity contribution >= 4 is 0 Å². The summed E-state index contributed by atoms with van der Waals surface area (Å²) in [6, 6.07) is 11.1. The van der Waals surface area contributed by atoms with Crippen LogP contribution in [-0.2, 0) is 20.6 Å². The lowest BCUT2D eigenvalue weighted by Crippen LogP contribution is -2.50. The fraction of sp³-hybridized carbons (Fsp3) is 0.714. The first-order chi connectivity index (χ1) is 12.4. The monoisotopic (exact) mass is 347 g/mol. The van der Waals surface area contributed by atoms with Crippen molar-refractivity contribution in [3.63, 3.8) is 0 Å². The minimum absolute atomic E-state index is 0.0920. The van der Waals surface area contributed by atoms with Gasteiger partial charge in [0.25, 0.3) is 0 Å². The third-order valence-electron chi connectivity index (χ3n) is 5.42. The molecule has 4 heteroatoms. The molecule has 1 atom stereocenters. The summed E-state index contributed by atoms with van der Waals surface area (Å²) < 4.78 is 17.4. The van der Waals surface area contributed by atoms with Gasteiger partial charge in [-0.3, -0.25) is 0 Å². The van der Waals surface area contributed by atoms with Gasteiger partial charge in [-0.1, -0.05) is 30.3 Å². The predicted octanol–water partition coefficient (Wildman–Crippen LogP) is 3.34. The Balaban J connectivity index is 1.20. The fourth-order valence-corrected chi connectivity index (χ4v) is 3.87. The fourth-order valence-electron chi connectivity index (χ4n) is 3.87. The predicted molar refractivity (Wildman–Crippen MR) is 100.0 cm³/mol. The van der Waals surface area contributed by atoms with Gasteiger partial charge in [-0.25, -0.2) is 0 Å². The van der Waals surface area contributed by atoms with E-state index in [0.29, 0.717) is 6.04 Å². The first-order valence-electron chi connectivity index (χ1n) is 9.93. The topological polar surface area (TPSA) is 39.7 Å². The summed E-state index contributed by atoms with van der Waals surface area (Å²) in [5, 5.41) is 3.73. The zero-order valence-electron chi connectivity index (χ0n) is 15.4. The van der Waals surface area contributed by atoms with Crippen molar-refractivity contribution in [1.29, 1.82) is 0 Å². The van der Waals surface area contributed by atoms with Gasteiger partial charge in [-0.05, 0) is 57.1 Å². The number of benzene rings is 1. The minimum Gasteiger partial charge on any atom is -0.381 e. The molecule has 2 heterocycles. The molecule has 3 rings (SSSR count). The van der Waals surface area contributed by atoms with Gasteiger partial charge in [-0.15, -0.1) is 0 Å². The Labute approximate surface area is 152 Å². The summed E-state index contributed by atoms with van der Waals surface area (Å²) in [4.78, 5) is 0. The van der Waals surface area contributed by atoms with Gasteiger partial charge in [0.05, 0.1) is 12.2 Å². The average molecular weight is 347 g/mol. The van der Waals surface area contributed by atoms with Gasteiger partial charge in [0.2, 0.25) is 0 Å². The van der Waals surface area contributed by atoms with Gasteiger partial charge >= 0.3 is 0 Å². The Hall–Kier alpha value is -0.940. The van der Waals surface area contributed by atoms with E-state index in [-0.39, 0.29) is 5.60 Å². The molecular weight excluding hydrogens is 314 g/mol. The maximum atomic E-state index is 6.10. The first kappa shape index (κ1) is 18.8. The number of ether oxygens (including phenoxy) is 3. The molecule has 4 nitrogen and oxygen atoms in total. The Kier molecular flexibility index (Phi) is 7.74. The molecule has 1 aromatic carbocycles. The van der Waals surface area contributed by atoms with Crippen LogP contribution in [0, 0.1) is 0 Å². The summed E-state index contributed by atoms with van der Waals surface area (Å²) >= 11 is 0. The van der Waals surface area contributed by atoms with Crippen LogP contribution in [0.25, 0.3) is 0 Å². The molecule has 0 aromatic heterocycles. The minimum atomic E-state index is 0.0920. The third kappa shape index (κ3) is 6.37. The maximum Gasteiger partial charge on any atom is 0.0741 e. The molecule has 1 aromatic rings. The second-order valence-corrected chi connectivity index (χ2v) is 7.34. The first-order valence-corrected chi connectivity index (χ1v) is 9.93. The van der Waals surface area contributed by atoms with Gasteiger partial charge in [0.1, 0.15) is 0 Å². The average Bonchev–Trinajstić information content (AvgIpc) is 2.65. The summed E-state index contributed by atoms with van der Waals surface area (Å²) in [6.45, 7) is 5.37. The molecule has 1 spiro atoms. The largest absolute Gasteiger partial charge is 0.381 e. The van der Waals surface area contributed by atoms with Crippen LogP contribution < -0.4 is 5.32 Å². The number of hydrogen-bond acceptors (Lipinski definition) is 4. The Morgan fingerprint density at radius 2 is 1.88 bits per heavy atom. The number of rotatable bonds is 9. The van der Waals surface area contributed by atoms with E-state index in [0.717, 1.165) is 78.1 Å². The van der Waals surface area contributed by atoms with Gasteiger partial charge in [0, 0.05) is 32.5 Å². The van der Waals surface area contributed by atoms with Crippen LogP contribution in [0.15, 0.2) is 30.3 Å². The van der Waals surface area contributed by atoms with Crippen LogP contribution in [0.4, 0.5) is 0 Å². The van der Waals surface area contributed by atoms with Gasteiger partial charge in [0.15, 0.2) is 0 Å². The van der Waals surface area contributed by atoms with Crippen molar-refractivity contribution in [3.05, 3.63) is 35.9 Å². The zero-order chi connectivity index (χ0) is 17.2. The van der Waals surface area contributed by atoms with Crippen LogP contribution in [0.3, 0.4) is 0 Å². The lowest BCUT2D eigenvalue weighted by molar-refractivity contribution is -0.140. The van der Waals surface area contributed by atoms with E-state index in [1.165, 1.54) is 12.0 Å². The summed E-state index contributed by atoms with van der Waals surface area (Å²) in [5.41, 5.74) is 1.44. The number of unbranched alkanes of at least 4 members (excludes halogenated alkanes) is 1. The molecule has 2 aliphatic heterocycles. The molecule has 1 N–H and O–H groups in total. The number of nitrogens with one attached hydrogen (secondary N) is 1. The van der Waals surface area contributed by atoms with E-state index >= 15 is 0 Å². The van der Waals surface area contributed by atoms with E-state index in [4.69, 9.17) is 14.2 Å². The lowest BCUT2D eigenvalue weighted by Gasteiger charge is -2.43. The lowest BCUT2D eigenvalue weighted by atomic mass is 9.84. The highest BCUT2D eigenvalue weighted by Gasteiger charge is 2.38. The van der Waals surface area contributed by atoms with Crippen molar-refractivity contribution < 1.29 is 14.2 Å². The van der Waals surface area contributed by atoms with Crippen molar-refractivity contribution in [2.45, 2.75) is 56.6 Å². The molecule has 25 heavy (non-hydrogen) atoms. The second kappa shape index (κ2) is 10.3. The molecule has 0 bridgehead atoms. The summed E-state index contributed by atoms with van der Waals surface area (Å²) in [7, 11) is 0. The van der Waals surface area contributed by atoms with E-state index < -0.39 is 0 Å². The molecular formula is C21H33NO3. The highest BCUT2D eigenvalue weighted by molar-refractivity contribution is 5.14. The molecule has 0 radical (unpaired) electrons. The standard InChI is InChI=1S/C21H33NO3/c1-2-6-19(7-3-1)8-14-23-13-5-4-12-22-20-9-15-25-21(18-20)10-16-24-17-11-21/h1-3,6-7,20,22H,4-5,8-18H2. The molecule has 2 fully saturated rings. The molecule has 0 aliphatic carbocycles. The Morgan fingerprint density at radius 1 is 1.04 bits per heavy atom.